The van der Waals surface area contributed by atoms with Gasteiger partial charge >= 0.3 is 5.97 Å². The molecule has 0 aliphatic carbocycles. The lowest BCUT2D eigenvalue weighted by molar-refractivity contribution is -0.138. The van der Waals surface area contributed by atoms with Gasteiger partial charge in [0.1, 0.15) is 12.4 Å². The quantitative estimate of drug-likeness (QED) is 0.787. The first-order chi connectivity index (χ1) is 9.29. The highest BCUT2D eigenvalue weighted by atomic mass is 32.2. The fourth-order valence-corrected chi connectivity index (χ4v) is 2.22. The van der Waals surface area contributed by atoms with Crippen molar-refractivity contribution in [1.29, 1.82) is 0 Å². The fourth-order valence-electron chi connectivity index (χ4n) is 1.70. The van der Waals surface area contributed by atoms with Gasteiger partial charge in [0.05, 0.1) is 17.7 Å². The molecule has 0 radical (unpaired) electrons. The van der Waals surface area contributed by atoms with E-state index in [0.29, 0.717) is 13.0 Å². The van der Waals surface area contributed by atoms with Crippen LogP contribution in [0, 0.1) is 5.82 Å². The van der Waals surface area contributed by atoms with Crippen molar-refractivity contribution in [3.05, 3.63) is 24.0 Å². The number of anilines is 1. The Balaban J connectivity index is 3.12. The van der Waals surface area contributed by atoms with Crippen LogP contribution in [0.1, 0.15) is 13.3 Å². The topological polar surface area (TPSA) is 89.7 Å². The Hall–Kier alpha value is -1.67. The van der Waals surface area contributed by atoms with Crippen molar-refractivity contribution in [3.63, 3.8) is 0 Å². The summed E-state index contributed by atoms with van der Waals surface area (Å²) in [5.41, 5.74) is 0.129. The maximum absolute atomic E-state index is 14.0. The summed E-state index contributed by atoms with van der Waals surface area (Å²) in [6, 6.07) is 3.33. The molecule has 6 nitrogen and oxygen atoms in total. The number of ether oxygens (including phenoxy) is 1. The maximum atomic E-state index is 14.0. The van der Waals surface area contributed by atoms with Crippen LogP contribution in [0.3, 0.4) is 0 Å². The molecule has 0 saturated heterocycles. The zero-order valence-corrected chi connectivity index (χ0v) is 12.1. The van der Waals surface area contributed by atoms with Crippen LogP contribution in [0.4, 0.5) is 10.1 Å². The van der Waals surface area contributed by atoms with E-state index in [2.05, 4.69) is 4.74 Å². The highest BCUT2D eigenvalue weighted by molar-refractivity contribution is 7.89. The van der Waals surface area contributed by atoms with E-state index in [-0.39, 0.29) is 17.1 Å². The predicted octanol–water partition coefficient (Wildman–Crippen LogP) is 0.863. The van der Waals surface area contributed by atoms with Crippen molar-refractivity contribution in [2.24, 2.45) is 5.14 Å². The zero-order chi connectivity index (χ0) is 15.3. The van der Waals surface area contributed by atoms with Gasteiger partial charge in [-0.05, 0) is 24.6 Å². The number of sulfonamides is 1. The van der Waals surface area contributed by atoms with Crippen molar-refractivity contribution < 1.29 is 22.3 Å². The van der Waals surface area contributed by atoms with Crippen LogP contribution in [0.5, 0.6) is 0 Å². The number of carbonyl (C=O) groups excluding carboxylic acids is 1. The van der Waals surface area contributed by atoms with Gasteiger partial charge in [-0.1, -0.05) is 6.92 Å². The molecule has 8 heteroatoms. The Kier molecular flexibility index (Phi) is 5.46. The van der Waals surface area contributed by atoms with Gasteiger partial charge in [-0.2, -0.15) is 0 Å². The Morgan fingerprint density at radius 3 is 2.55 bits per heavy atom. The van der Waals surface area contributed by atoms with Gasteiger partial charge in [-0.25, -0.2) is 17.9 Å². The molecule has 0 amide bonds. The van der Waals surface area contributed by atoms with E-state index in [9.17, 15) is 17.6 Å². The molecule has 1 aromatic rings. The minimum Gasteiger partial charge on any atom is -0.468 e. The summed E-state index contributed by atoms with van der Waals surface area (Å²) in [7, 11) is -2.71. The fraction of sp³-hybridized carbons (Fsp3) is 0.417. The number of rotatable bonds is 6. The van der Waals surface area contributed by atoms with Crippen molar-refractivity contribution in [3.8, 4) is 0 Å². The summed E-state index contributed by atoms with van der Waals surface area (Å²) in [5.74, 6) is -1.26. The Labute approximate surface area is 117 Å². The number of benzene rings is 1. The molecule has 0 fully saturated rings. The molecule has 0 aliphatic heterocycles. The minimum atomic E-state index is -3.96. The number of esters is 1. The van der Waals surface area contributed by atoms with Crippen LogP contribution in [0.25, 0.3) is 0 Å². The number of nitrogens with two attached hydrogens (primary N) is 1. The molecular formula is C12H17FN2O4S. The lowest BCUT2D eigenvalue weighted by Crippen LogP contribution is -2.32. The van der Waals surface area contributed by atoms with Crippen LogP contribution in [0.2, 0.25) is 0 Å². The monoisotopic (exact) mass is 304 g/mol. The van der Waals surface area contributed by atoms with E-state index in [0.717, 1.165) is 6.07 Å². The molecule has 1 rings (SSSR count). The molecule has 0 bridgehead atoms. The molecule has 0 spiro atoms. The Bertz CT molecular complexity index is 589. The van der Waals surface area contributed by atoms with Gasteiger partial charge in [0.25, 0.3) is 0 Å². The third-order valence-corrected chi connectivity index (χ3v) is 3.54. The first-order valence-corrected chi connectivity index (χ1v) is 7.48. The molecule has 0 aromatic heterocycles. The number of primary sulfonamides is 1. The van der Waals surface area contributed by atoms with Gasteiger partial charge < -0.3 is 9.64 Å². The molecule has 20 heavy (non-hydrogen) atoms. The van der Waals surface area contributed by atoms with E-state index >= 15 is 0 Å². The summed E-state index contributed by atoms with van der Waals surface area (Å²) in [6.07, 6.45) is 0.688. The number of methoxy groups -OCH3 is 1. The molecule has 112 valence electrons. The highest BCUT2D eigenvalue weighted by Gasteiger charge is 2.17. The molecule has 1 aromatic carbocycles. The largest absolute Gasteiger partial charge is 0.468 e. The number of hydrogen-bond donors (Lipinski definition) is 1. The normalized spacial score (nSPS) is 11.2. The standard InChI is InChI=1S/C12H17FN2O4S/c1-3-6-15(8-12(16)19-2)11-5-4-9(7-10(11)13)20(14,17)18/h4-5,7H,3,6,8H2,1-2H3,(H2,14,17,18). The second-order valence-corrected chi connectivity index (χ2v) is 5.72. The summed E-state index contributed by atoms with van der Waals surface area (Å²) in [4.78, 5) is 12.5. The third-order valence-electron chi connectivity index (χ3n) is 2.63. The first-order valence-electron chi connectivity index (χ1n) is 5.93. The number of carbonyl (C=O) groups is 1. The van der Waals surface area contributed by atoms with Gasteiger partial charge in [-0.3, -0.25) is 4.79 Å². The van der Waals surface area contributed by atoms with Gasteiger partial charge in [-0.15, -0.1) is 0 Å². The van der Waals surface area contributed by atoms with E-state index in [4.69, 9.17) is 5.14 Å². The van der Waals surface area contributed by atoms with Crippen LogP contribution in [-0.4, -0.2) is 34.6 Å². The summed E-state index contributed by atoms with van der Waals surface area (Å²) >= 11 is 0. The lowest BCUT2D eigenvalue weighted by atomic mass is 10.2. The summed E-state index contributed by atoms with van der Waals surface area (Å²) in [5, 5.41) is 4.93. The molecule has 0 aliphatic rings. The molecule has 0 heterocycles. The molecule has 0 unspecified atom stereocenters. The van der Waals surface area contributed by atoms with Crippen molar-refractivity contribution in [2.45, 2.75) is 18.2 Å². The van der Waals surface area contributed by atoms with Crippen molar-refractivity contribution >= 4 is 21.7 Å². The van der Waals surface area contributed by atoms with E-state index < -0.39 is 21.8 Å². The smallest absolute Gasteiger partial charge is 0.325 e. The van der Waals surface area contributed by atoms with Gasteiger partial charge in [0.15, 0.2) is 0 Å². The molecular weight excluding hydrogens is 287 g/mol. The first kappa shape index (κ1) is 16.4. The van der Waals surface area contributed by atoms with Crippen LogP contribution in [0.15, 0.2) is 23.1 Å². The SMILES string of the molecule is CCCN(CC(=O)OC)c1ccc(S(N)(=O)=O)cc1F. The Morgan fingerprint density at radius 2 is 2.10 bits per heavy atom. The maximum Gasteiger partial charge on any atom is 0.325 e. The van der Waals surface area contributed by atoms with E-state index in [1.807, 2.05) is 6.92 Å². The van der Waals surface area contributed by atoms with Gasteiger partial charge in [0, 0.05) is 6.54 Å². The van der Waals surface area contributed by atoms with E-state index in [1.54, 1.807) is 0 Å². The van der Waals surface area contributed by atoms with Gasteiger partial charge in [0.2, 0.25) is 10.0 Å². The van der Waals surface area contributed by atoms with E-state index in [1.165, 1.54) is 24.1 Å². The minimum absolute atomic E-state index is 0.115. The number of halogens is 1. The lowest BCUT2D eigenvalue weighted by Gasteiger charge is -2.23. The highest BCUT2D eigenvalue weighted by Crippen LogP contribution is 2.22. The second kappa shape index (κ2) is 6.67. The number of hydrogen-bond acceptors (Lipinski definition) is 5. The Morgan fingerprint density at radius 1 is 1.45 bits per heavy atom. The molecule has 0 atom stereocenters. The number of nitrogens with zero attached hydrogens (tertiary/aromatic N) is 1. The summed E-state index contributed by atoms with van der Waals surface area (Å²) < 4.78 is 40.8. The summed E-state index contributed by atoms with van der Waals surface area (Å²) in [6.45, 7) is 2.19. The predicted molar refractivity (Wildman–Crippen MR) is 72.3 cm³/mol. The van der Waals surface area contributed by atoms with Crippen LogP contribution >= 0.6 is 0 Å². The molecule has 0 saturated carbocycles. The average molecular weight is 304 g/mol. The van der Waals surface area contributed by atoms with Crippen molar-refractivity contribution in [1.82, 2.24) is 0 Å². The zero-order valence-electron chi connectivity index (χ0n) is 11.3. The second-order valence-electron chi connectivity index (χ2n) is 4.16. The average Bonchev–Trinajstić information content (AvgIpc) is 2.37. The third kappa shape index (κ3) is 4.17. The molecule has 2 N–H and O–H groups in total. The van der Waals surface area contributed by atoms with Crippen molar-refractivity contribution in [2.75, 3.05) is 25.1 Å². The van der Waals surface area contributed by atoms with Crippen LogP contribution in [-0.2, 0) is 19.6 Å². The van der Waals surface area contributed by atoms with Crippen LogP contribution < -0.4 is 10.0 Å².